The summed E-state index contributed by atoms with van der Waals surface area (Å²) in [5.74, 6) is -1.90. The summed E-state index contributed by atoms with van der Waals surface area (Å²) in [6.07, 6.45) is 3.96. The Kier molecular flexibility index (Phi) is 6.30. The highest BCUT2D eigenvalue weighted by Crippen LogP contribution is 2.29. The van der Waals surface area contributed by atoms with E-state index in [4.69, 9.17) is 10.5 Å². The molecule has 3 rings (SSSR count). The normalized spacial score (nSPS) is 19.1. The van der Waals surface area contributed by atoms with E-state index in [0.717, 1.165) is 38.8 Å². The van der Waals surface area contributed by atoms with E-state index in [1.54, 1.807) is 0 Å². The van der Waals surface area contributed by atoms with Crippen LogP contribution in [0.4, 0.5) is 11.4 Å². The molecule has 29 heavy (non-hydrogen) atoms. The molecule has 0 spiro atoms. The molecular weight excluding hydrogens is 380 g/mol. The smallest absolute Gasteiger partial charge is 0.341 e. The number of piperidine rings is 1. The number of rotatable bonds is 6. The van der Waals surface area contributed by atoms with Crippen LogP contribution in [0.2, 0.25) is 0 Å². The van der Waals surface area contributed by atoms with E-state index in [2.05, 4.69) is 0 Å². The first-order valence-corrected chi connectivity index (χ1v) is 9.68. The van der Waals surface area contributed by atoms with Gasteiger partial charge >= 0.3 is 5.97 Å². The number of nitro groups is 1. The topological polar surface area (TPSA) is 136 Å². The molecule has 1 aromatic carbocycles. The van der Waals surface area contributed by atoms with E-state index in [1.165, 1.54) is 23.1 Å². The Hall–Kier alpha value is -3.17. The lowest BCUT2D eigenvalue weighted by atomic mass is 10.0. The third kappa shape index (κ3) is 4.64. The van der Waals surface area contributed by atoms with Crippen LogP contribution in [0.5, 0.6) is 0 Å². The lowest BCUT2D eigenvalue weighted by molar-refractivity contribution is -0.384. The minimum absolute atomic E-state index is 0.0546. The summed E-state index contributed by atoms with van der Waals surface area (Å²) < 4.78 is 5.17. The number of hydrogen-bond donors (Lipinski definition) is 1. The molecule has 2 fully saturated rings. The molecule has 10 heteroatoms. The summed E-state index contributed by atoms with van der Waals surface area (Å²) in [5.41, 5.74) is 5.75. The fraction of sp³-hybridized carbons (Fsp3) is 0.526. The summed E-state index contributed by atoms with van der Waals surface area (Å²) >= 11 is 0. The molecule has 10 nitrogen and oxygen atoms in total. The monoisotopic (exact) mass is 404 g/mol. The SMILES string of the molecule is NC(=O)[C@H]1CCCCN1C(=O)COC(=O)c1cc([N+](=O)[O-])ccc1N1CCCC1. The highest BCUT2D eigenvalue weighted by molar-refractivity contribution is 5.98. The first kappa shape index (κ1) is 20.6. The van der Waals surface area contributed by atoms with Gasteiger partial charge in [0.05, 0.1) is 16.2 Å². The number of ether oxygens (including phenoxy) is 1. The Morgan fingerprint density at radius 1 is 1.14 bits per heavy atom. The fourth-order valence-electron chi connectivity index (χ4n) is 3.85. The molecule has 0 aliphatic carbocycles. The van der Waals surface area contributed by atoms with E-state index in [-0.39, 0.29) is 11.3 Å². The van der Waals surface area contributed by atoms with Crippen LogP contribution in [0.3, 0.4) is 0 Å². The van der Waals surface area contributed by atoms with Crippen LogP contribution < -0.4 is 10.6 Å². The average molecular weight is 404 g/mol. The van der Waals surface area contributed by atoms with Gasteiger partial charge in [0.1, 0.15) is 6.04 Å². The predicted octanol–water partition coefficient (Wildman–Crippen LogP) is 1.22. The second-order valence-electron chi connectivity index (χ2n) is 7.23. The van der Waals surface area contributed by atoms with Gasteiger partial charge in [-0.2, -0.15) is 0 Å². The van der Waals surface area contributed by atoms with Gasteiger partial charge in [-0.25, -0.2) is 4.79 Å². The molecule has 156 valence electrons. The number of esters is 1. The zero-order valence-corrected chi connectivity index (χ0v) is 16.0. The lowest BCUT2D eigenvalue weighted by Gasteiger charge is -2.33. The van der Waals surface area contributed by atoms with Gasteiger partial charge in [-0.3, -0.25) is 19.7 Å². The van der Waals surface area contributed by atoms with E-state index in [9.17, 15) is 24.5 Å². The van der Waals surface area contributed by atoms with Crippen LogP contribution in [0.15, 0.2) is 18.2 Å². The quantitative estimate of drug-likeness (QED) is 0.427. The number of carbonyl (C=O) groups is 3. The van der Waals surface area contributed by atoms with Gasteiger partial charge in [0.2, 0.25) is 5.91 Å². The standard InChI is InChI=1S/C19H24N4O6/c20-18(25)16-5-1-2-10-22(16)17(24)12-29-19(26)14-11-13(23(27)28)6-7-15(14)21-8-3-4-9-21/h6-7,11,16H,1-5,8-10,12H2,(H2,20,25)/t16-/m1/s1. The number of non-ortho nitro benzene ring substituents is 1. The lowest BCUT2D eigenvalue weighted by Crippen LogP contribution is -2.51. The Bertz CT molecular complexity index is 821. The maximum atomic E-state index is 12.7. The Balaban J connectivity index is 1.74. The van der Waals surface area contributed by atoms with E-state index >= 15 is 0 Å². The number of primary amides is 1. The number of nitrogens with two attached hydrogens (primary N) is 1. The van der Waals surface area contributed by atoms with E-state index < -0.39 is 35.4 Å². The molecule has 2 N–H and O–H groups in total. The Morgan fingerprint density at radius 3 is 2.48 bits per heavy atom. The highest BCUT2D eigenvalue weighted by Gasteiger charge is 2.31. The molecule has 0 bridgehead atoms. The van der Waals surface area contributed by atoms with Crippen molar-refractivity contribution in [2.24, 2.45) is 5.73 Å². The number of likely N-dealkylation sites (tertiary alicyclic amines) is 1. The van der Waals surface area contributed by atoms with Crippen molar-refractivity contribution in [3.63, 3.8) is 0 Å². The van der Waals surface area contributed by atoms with Crippen LogP contribution in [-0.2, 0) is 14.3 Å². The number of anilines is 1. The Labute approximate surface area is 167 Å². The molecule has 0 saturated carbocycles. The van der Waals surface area contributed by atoms with Crippen LogP contribution >= 0.6 is 0 Å². The second kappa shape index (κ2) is 8.89. The summed E-state index contributed by atoms with van der Waals surface area (Å²) in [7, 11) is 0. The van der Waals surface area contributed by atoms with Crippen molar-refractivity contribution in [1.82, 2.24) is 4.90 Å². The van der Waals surface area contributed by atoms with E-state index in [0.29, 0.717) is 18.7 Å². The number of carbonyl (C=O) groups excluding carboxylic acids is 3. The number of nitrogens with zero attached hydrogens (tertiary/aromatic N) is 3. The third-order valence-corrected chi connectivity index (χ3v) is 5.34. The minimum Gasteiger partial charge on any atom is -0.452 e. The summed E-state index contributed by atoms with van der Waals surface area (Å²) in [4.78, 5) is 50.6. The molecule has 0 aromatic heterocycles. The number of benzene rings is 1. The van der Waals surface area contributed by atoms with Crippen molar-refractivity contribution in [2.75, 3.05) is 31.1 Å². The predicted molar refractivity (Wildman–Crippen MR) is 103 cm³/mol. The number of amides is 2. The van der Waals surface area contributed by atoms with Crippen molar-refractivity contribution in [3.05, 3.63) is 33.9 Å². The van der Waals surface area contributed by atoms with Gasteiger partial charge in [-0.1, -0.05) is 0 Å². The van der Waals surface area contributed by atoms with Gasteiger partial charge in [0.25, 0.3) is 11.6 Å². The zero-order chi connectivity index (χ0) is 21.0. The highest BCUT2D eigenvalue weighted by atomic mass is 16.6. The minimum atomic E-state index is -0.809. The van der Waals surface area contributed by atoms with Crippen molar-refractivity contribution >= 4 is 29.2 Å². The van der Waals surface area contributed by atoms with Gasteiger partial charge < -0.3 is 20.3 Å². The van der Waals surface area contributed by atoms with E-state index in [1.807, 2.05) is 4.90 Å². The van der Waals surface area contributed by atoms with Crippen LogP contribution in [-0.4, -0.2) is 59.9 Å². The Morgan fingerprint density at radius 2 is 1.83 bits per heavy atom. The molecule has 2 aliphatic rings. The molecule has 0 radical (unpaired) electrons. The molecule has 2 heterocycles. The molecule has 1 atom stereocenters. The first-order valence-electron chi connectivity index (χ1n) is 9.68. The van der Waals surface area contributed by atoms with Crippen LogP contribution in [0.1, 0.15) is 42.5 Å². The zero-order valence-electron chi connectivity index (χ0n) is 16.0. The average Bonchev–Trinajstić information content (AvgIpc) is 3.25. The summed E-state index contributed by atoms with van der Waals surface area (Å²) in [5, 5.41) is 11.1. The van der Waals surface area contributed by atoms with Crippen LogP contribution in [0, 0.1) is 10.1 Å². The van der Waals surface area contributed by atoms with Crippen LogP contribution in [0.25, 0.3) is 0 Å². The summed E-state index contributed by atoms with van der Waals surface area (Å²) in [6.45, 7) is 1.31. The van der Waals surface area contributed by atoms with Gasteiger partial charge in [0.15, 0.2) is 6.61 Å². The van der Waals surface area contributed by atoms with Crippen molar-refractivity contribution in [3.8, 4) is 0 Å². The van der Waals surface area contributed by atoms with Crippen molar-refractivity contribution < 1.29 is 24.0 Å². The molecule has 2 amide bonds. The molecular formula is C19H24N4O6. The maximum absolute atomic E-state index is 12.7. The van der Waals surface area contributed by atoms with Gasteiger partial charge in [-0.05, 0) is 38.2 Å². The molecule has 1 aromatic rings. The third-order valence-electron chi connectivity index (χ3n) is 5.34. The van der Waals surface area contributed by atoms with Crippen molar-refractivity contribution in [2.45, 2.75) is 38.1 Å². The van der Waals surface area contributed by atoms with Gasteiger partial charge in [0, 0.05) is 31.8 Å². The molecule has 0 unspecified atom stereocenters. The van der Waals surface area contributed by atoms with Crippen molar-refractivity contribution in [1.29, 1.82) is 0 Å². The number of hydrogen-bond acceptors (Lipinski definition) is 7. The first-order chi connectivity index (χ1) is 13.9. The fourth-order valence-corrected chi connectivity index (χ4v) is 3.85. The number of nitro benzene ring substituents is 1. The van der Waals surface area contributed by atoms with Gasteiger partial charge in [-0.15, -0.1) is 0 Å². The largest absolute Gasteiger partial charge is 0.452 e. The summed E-state index contributed by atoms with van der Waals surface area (Å²) in [6, 6.07) is 3.36. The molecule has 2 aliphatic heterocycles. The maximum Gasteiger partial charge on any atom is 0.341 e. The molecule has 2 saturated heterocycles. The second-order valence-corrected chi connectivity index (χ2v) is 7.23.